The number of hydrogen-bond donors (Lipinski definition) is 2. The average molecular weight is 297 g/mol. The van der Waals surface area contributed by atoms with Gasteiger partial charge >= 0.3 is 10.4 Å². The average Bonchev–Trinajstić information content (AvgIpc) is 2.25. The minimum absolute atomic E-state index is 0.0797. The van der Waals surface area contributed by atoms with E-state index in [1.54, 1.807) is 0 Å². The van der Waals surface area contributed by atoms with Crippen molar-refractivity contribution in [1.29, 1.82) is 0 Å². The minimum Gasteiger partial charge on any atom is -0.361 e. The third-order valence-corrected chi connectivity index (χ3v) is 3.19. The normalized spacial score (nSPS) is 11.6. The molecule has 0 aliphatic rings. The van der Waals surface area contributed by atoms with Gasteiger partial charge in [-0.25, -0.2) is 0 Å². The molecule has 0 amide bonds. The number of aromatic nitrogens is 1. The molecule has 2 rings (SSSR count). The van der Waals surface area contributed by atoms with Crippen molar-refractivity contribution in [3.05, 3.63) is 39.7 Å². The van der Waals surface area contributed by atoms with Crippen molar-refractivity contribution in [2.45, 2.75) is 13.8 Å². The maximum absolute atomic E-state index is 11.8. The van der Waals surface area contributed by atoms with Crippen molar-refractivity contribution in [2.24, 2.45) is 0 Å². The van der Waals surface area contributed by atoms with Gasteiger partial charge in [0, 0.05) is 5.39 Å². The molecule has 0 atom stereocenters. The number of pyridine rings is 1. The molecular formula is C12H11NO6S. The smallest absolute Gasteiger partial charge is 0.361 e. The third kappa shape index (κ3) is 2.56. The molecule has 0 saturated heterocycles. The molecule has 106 valence electrons. The predicted molar refractivity (Wildman–Crippen MR) is 71.5 cm³/mol. The molecule has 8 heteroatoms. The van der Waals surface area contributed by atoms with E-state index in [-0.39, 0.29) is 22.3 Å². The minimum atomic E-state index is -4.71. The van der Waals surface area contributed by atoms with Crippen molar-refractivity contribution >= 4 is 27.1 Å². The quantitative estimate of drug-likeness (QED) is 0.650. The maximum atomic E-state index is 11.8. The third-order valence-electron chi connectivity index (χ3n) is 2.80. The summed E-state index contributed by atoms with van der Waals surface area (Å²) in [6.07, 6.45) is 0. The summed E-state index contributed by atoms with van der Waals surface area (Å²) in [5, 5.41) is 0.245. The van der Waals surface area contributed by atoms with Crippen LogP contribution >= 0.6 is 0 Å². The highest BCUT2D eigenvalue weighted by Gasteiger charge is 2.18. The number of carbonyl (C=O) groups is 1. The van der Waals surface area contributed by atoms with E-state index in [1.807, 2.05) is 0 Å². The topological polar surface area (TPSA) is 114 Å². The van der Waals surface area contributed by atoms with Gasteiger partial charge in [-0.15, -0.1) is 0 Å². The van der Waals surface area contributed by atoms with Crippen LogP contribution in [0.4, 0.5) is 0 Å². The molecule has 2 N–H and O–H groups in total. The fourth-order valence-corrected chi connectivity index (χ4v) is 2.47. The molecule has 0 spiro atoms. The molecule has 0 aliphatic heterocycles. The van der Waals surface area contributed by atoms with Crippen LogP contribution in [-0.2, 0) is 10.4 Å². The van der Waals surface area contributed by atoms with Crippen LogP contribution in [0.2, 0.25) is 0 Å². The number of hydrogen-bond acceptors (Lipinski definition) is 5. The molecule has 1 aromatic carbocycles. The van der Waals surface area contributed by atoms with Gasteiger partial charge in [0.2, 0.25) is 0 Å². The largest absolute Gasteiger partial charge is 0.446 e. The molecular weight excluding hydrogens is 286 g/mol. The Hall–Kier alpha value is -2.19. The molecule has 0 radical (unpaired) electrons. The van der Waals surface area contributed by atoms with Crippen LogP contribution in [-0.4, -0.2) is 23.7 Å². The van der Waals surface area contributed by atoms with Gasteiger partial charge in [-0.2, -0.15) is 8.42 Å². The molecule has 20 heavy (non-hydrogen) atoms. The Balaban J connectivity index is 2.89. The Bertz CT molecular complexity index is 865. The molecule has 0 saturated carbocycles. The lowest BCUT2D eigenvalue weighted by Crippen LogP contribution is -2.18. The molecule has 2 aromatic rings. The summed E-state index contributed by atoms with van der Waals surface area (Å²) >= 11 is 0. The zero-order valence-electron chi connectivity index (χ0n) is 10.6. The van der Waals surface area contributed by atoms with Gasteiger partial charge in [0.05, 0.1) is 11.1 Å². The number of aryl methyl sites for hydroxylation is 1. The Morgan fingerprint density at radius 1 is 1.35 bits per heavy atom. The fraction of sp³-hybridized carbons (Fsp3) is 0.167. The van der Waals surface area contributed by atoms with E-state index < -0.39 is 21.7 Å². The van der Waals surface area contributed by atoms with E-state index in [0.717, 1.165) is 0 Å². The lowest BCUT2D eigenvalue weighted by atomic mass is 10.0. The van der Waals surface area contributed by atoms with E-state index in [1.165, 1.54) is 32.0 Å². The monoisotopic (exact) mass is 297 g/mol. The highest BCUT2D eigenvalue weighted by Crippen LogP contribution is 2.28. The standard InChI is InChI=1S/C12H11NO6S/c1-6-10(7(2)14)12(15)13-8-4-3-5-9(11(6)8)19-20(16,17)18/h3-5H,1-2H3,(H,13,15)(H,16,17,18). The summed E-state index contributed by atoms with van der Waals surface area (Å²) in [5.74, 6) is -0.617. The van der Waals surface area contributed by atoms with Crippen LogP contribution < -0.4 is 9.74 Å². The Labute approximate surface area is 114 Å². The predicted octanol–water partition coefficient (Wildman–Crippen LogP) is 1.22. The van der Waals surface area contributed by atoms with Gasteiger partial charge in [0.25, 0.3) is 5.56 Å². The van der Waals surface area contributed by atoms with E-state index in [9.17, 15) is 18.0 Å². The van der Waals surface area contributed by atoms with Crippen molar-refractivity contribution in [1.82, 2.24) is 4.98 Å². The van der Waals surface area contributed by atoms with Gasteiger partial charge in [0.1, 0.15) is 0 Å². The number of Topliss-reactive ketones (excluding diaryl/α,β-unsaturated/α-hetero) is 1. The number of benzene rings is 1. The highest BCUT2D eigenvalue weighted by molar-refractivity contribution is 7.81. The van der Waals surface area contributed by atoms with Gasteiger partial charge in [-0.05, 0) is 31.5 Å². The van der Waals surface area contributed by atoms with Crippen LogP contribution in [0.15, 0.2) is 23.0 Å². The zero-order valence-corrected chi connectivity index (χ0v) is 11.4. The number of rotatable bonds is 3. The molecule has 0 aliphatic carbocycles. The van der Waals surface area contributed by atoms with Gasteiger partial charge < -0.3 is 9.17 Å². The van der Waals surface area contributed by atoms with Gasteiger partial charge in [-0.1, -0.05) is 6.07 Å². The van der Waals surface area contributed by atoms with Crippen molar-refractivity contribution in [2.75, 3.05) is 0 Å². The summed E-state index contributed by atoms with van der Waals surface area (Å²) in [4.78, 5) is 25.8. The Morgan fingerprint density at radius 3 is 2.55 bits per heavy atom. The van der Waals surface area contributed by atoms with Gasteiger partial charge in [0.15, 0.2) is 11.5 Å². The molecule has 1 heterocycles. The SMILES string of the molecule is CC(=O)c1c(C)c2c(OS(=O)(=O)O)cccc2[nH]c1=O. The van der Waals surface area contributed by atoms with E-state index in [2.05, 4.69) is 9.17 Å². The summed E-state index contributed by atoms with van der Waals surface area (Å²) < 4.78 is 34.9. The number of aromatic amines is 1. The summed E-state index contributed by atoms with van der Waals surface area (Å²) in [6.45, 7) is 2.74. The van der Waals surface area contributed by atoms with Crippen molar-refractivity contribution in [3.8, 4) is 5.75 Å². The second-order valence-corrected chi connectivity index (χ2v) is 5.22. The summed E-state index contributed by atoms with van der Waals surface area (Å²) in [7, 11) is -4.71. The van der Waals surface area contributed by atoms with E-state index >= 15 is 0 Å². The second-order valence-electron chi connectivity index (χ2n) is 4.20. The molecule has 7 nitrogen and oxygen atoms in total. The summed E-state index contributed by atoms with van der Waals surface area (Å²) in [5.41, 5.74) is -0.0513. The van der Waals surface area contributed by atoms with Crippen LogP contribution in [0.25, 0.3) is 10.9 Å². The fourth-order valence-electron chi connectivity index (χ4n) is 2.11. The first-order chi connectivity index (χ1) is 9.20. The molecule has 1 aromatic heterocycles. The van der Waals surface area contributed by atoms with Crippen LogP contribution in [0.3, 0.4) is 0 Å². The number of ketones is 1. The number of carbonyl (C=O) groups excluding carboxylic acids is 1. The van der Waals surface area contributed by atoms with Crippen molar-refractivity contribution in [3.63, 3.8) is 0 Å². The van der Waals surface area contributed by atoms with E-state index in [4.69, 9.17) is 4.55 Å². The van der Waals surface area contributed by atoms with Crippen LogP contribution in [0.1, 0.15) is 22.8 Å². The first-order valence-corrected chi connectivity index (χ1v) is 6.90. The first kappa shape index (κ1) is 14.2. The maximum Gasteiger partial charge on any atom is 0.446 e. The number of nitrogens with one attached hydrogen (secondary N) is 1. The number of H-pyrrole nitrogens is 1. The highest BCUT2D eigenvalue weighted by atomic mass is 32.3. The first-order valence-electron chi connectivity index (χ1n) is 5.54. The molecule has 0 fully saturated rings. The zero-order chi connectivity index (χ0) is 15.1. The molecule has 0 unspecified atom stereocenters. The Kier molecular flexibility index (Phi) is 3.36. The van der Waals surface area contributed by atoms with Crippen LogP contribution in [0.5, 0.6) is 5.75 Å². The van der Waals surface area contributed by atoms with E-state index in [0.29, 0.717) is 5.52 Å². The van der Waals surface area contributed by atoms with Crippen molar-refractivity contribution < 1.29 is 21.9 Å². The summed E-state index contributed by atoms with van der Waals surface area (Å²) in [6, 6.07) is 4.29. The van der Waals surface area contributed by atoms with Crippen LogP contribution in [0, 0.1) is 6.92 Å². The lowest BCUT2D eigenvalue weighted by Gasteiger charge is -2.10. The lowest BCUT2D eigenvalue weighted by molar-refractivity contribution is 0.101. The number of fused-ring (bicyclic) bond motifs is 1. The van der Waals surface area contributed by atoms with Gasteiger partial charge in [-0.3, -0.25) is 14.1 Å². The second kappa shape index (κ2) is 4.73. The Morgan fingerprint density at radius 2 is 2.00 bits per heavy atom. The molecule has 0 bridgehead atoms.